The smallest absolute Gasteiger partial charge is 0.305 e. The average Bonchev–Trinajstić information content (AvgIpc) is 3.02. The summed E-state index contributed by atoms with van der Waals surface area (Å²) in [6.07, 6.45) is 2.97. The Bertz CT molecular complexity index is 680. The van der Waals surface area contributed by atoms with Crippen molar-refractivity contribution in [2.45, 2.75) is 26.7 Å². The summed E-state index contributed by atoms with van der Waals surface area (Å²) in [7, 11) is 1.38. The number of aromatic nitrogens is 1. The van der Waals surface area contributed by atoms with E-state index in [-0.39, 0.29) is 11.5 Å². The van der Waals surface area contributed by atoms with Crippen LogP contribution in [0.1, 0.15) is 35.5 Å². The Kier molecular flexibility index (Phi) is 7.34. The number of hydrogen-bond donors (Lipinski definition) is 1. The zero-order valence-corrected chi connectivity index (χ0v) is 14.1. The predicted molar refractivity (Wildman–Crippen MR) is 87.7 cm³/mol. The summed E-state index contributed by atoms with van der Waals surface area (Å²) in [5.74, 6) is -1.26. The van der Waals surface area contributed by atoms with Crippen molar-refractivity contribution in [1.82, 2.24) is 4.37 Å². The van der Waals surface area contributed by atoms with E-state index in [1.807, 2.05) is 6.92 Å². The molecule has 2 N–H and O–H groups in total. The summed E-state index contributed by atoms with van der Waals surface area (Å²) in [5, 5.41) is 0. The quantitative estimate of drug-likeness (QED) is 0.868. The minimum Gasteiger partial charge on any atom is -0.469 e. The highest BCUT2D eigenvalue weighted by atomic mass is 32.1. The first kappa shape index (κ1) is 18.8. The molecule has 23 heavy (non-hydrogen) atoms. The Morgan fingerprint density at radius 2 is 2.00 bits per heavy atom. The molecule has 2 rings (SSSR count). The monoisotopic (exact) mass is 338 g/mol. The van der Waals surface area contributed by atoms with E-state index in [2.05, 4.69) is 9.11 Å². The number of benzene rings is 1. The highest BCUT2D eigenvalue weighted by molar-refractivity contribution is 7.06. The fourth-order valence-electron chi connectivity index (χ4n) is 1.79. The molecule has 5 nitrogen and oxygen atoms in total. The van der Waals surface area contributed by atoms with Crippen molar-refractivity contribution < 1.29 is 18.7 Å². The maximum atomic E-state index is 13.4. The van der Waals surface area contributed by atoms with Crippen LogP contribution >= 0.6 is 11.5 Å². The van der Waals surface area contributed by atoms with Gasteiger partial charge in [-0.2, -0.15) is 0 Å². The lowest BCUT2D eigenvalue weighted by Crippen LogP contribution is -2.11. The molecule has 1 aromatic carbocycles. The molecular formula is C16H19FN2O3S. The van der Waals surface area contributed by atoms with E-state index in [0.29, 0.717) is 12.0 Å². The topological polar surface area (TPSA) is 82.3 Å². The number of primary amides is 1. The van der Waals surface area contributed by atoms with Gasteiger partial charge >= 0.3 is 5.97 Å². The third-order valence-electron chi connectivity index (χ3n) is 2.98. The van der Waals surface area contributed by atoms with Crippen LogP contribution in [0.25, 0.3) is 11.1 Å². The van der Waals surface area contributed by atoms with Crippen molar-refractivity contribution in [1.29, 1.82) is 0 Å². The minimum absolute atomic E-state index is 0.157. The van der Waals surface area contributed by atoms with E-state index in [1.54, 1.807) is 19.2 Å². The van der Waals surface area contributed by atoms with Crippen molar-refractivity contribution in [2.24, 2.45) is 5.73 Å². The molecule has 0 unspecified atom stereocenters. The molecule has 124 valence electrons. The van der Waals surface area contributed by atoms with Crippen LogP contribution in [-0.2, 0) is 16.0 Å². The summed E-state index contributed by atoms with van der Waals surface area (Å²) in [5.41, 5.74) is 6.83. The zero-order valence-electron chi connectivity index (χ0n) is 13.3. The summed E-state index contributed by atoms with van der Waals surface area (Å²) >= 11 is 1.38. The van der Waals surface area contributed by atoms with Gasteiger partial charge in [-0.1, -0.05) is 13.8 Å². The van der Waals surface area contributed by atoms with E-state index in [4.69, 9.17) is 5.73 Å². The van der Waals surface area contributed by atoms with Crippen LogP contribution in [0.15, 0.2) is 24.4 Å². The molecule has 0 aliphatic rings. The molecular weight excluding hydrogens is 319 g/mol. The van der Waals surface area contributed by atoms with Crippen LogP contribution in [0, 0.1) is 5.82 Å². The first-order valence-corrected chi connectivity index (χ1v) is 7.81. The van der Waals surface area contributed by atoms with E-state index < -0.39 is 11.7 Å². The molecule has 1 aromatic heterocycles. The Hall–Kier alpha value is -2.28. The summed E-state index contributed by atoms with van der Waals surface area (Å²) < 4.78 is 21.7. The maximum absolute atomic E-state index is 13.4. The third kappa shape index (κ3) is 5.45. The van der Waals surface area contributed by atoms with Crippen molar-refractivity contribution in [2.75, 3.05) is 7.11 Å². The van der Waals surface area contributed by atoms with Gasteiger partial charge in [0.15, 0.2) is 0 Å². The Labute approximate surface area is 138 Å². The second-order valence-corrected chi connectivity index (χ2v) is 5.42. The number of nitrogens with two attached hydrogens (primary N) is 1. The summed E-state index contributed by atoms with van der Waals surface area (Å²) in [6, 6.07) is 4.11. The van der Waals surface area contributed by atoms with Gasteiger partial charge in [-0.25, -0.2) is 8.76 Å². The van der Waals surface area contributed by atoms with Crippen LogP contribution in [0.2, 0.25) is 0 Å². The SMILES string of the molecule is CCC(=O)OC.CCc1sncc1-c1cc(F)cc(C(N)=O)c1. The first-order chi connectivity index (χ1) is 10.9. The highest BCUT2D eigenvalue weighted by Gasteiger charge is 2.11. The van der Waals surface area contributed by atoms with Gasteiger partial charge in [0.1, 0.15) is 5.82 Å². The molecule has 0 radical (unpaired) electrons. The van der Waals surface area contributed by atoms with Crippen molar-refractivity contribution in [3.05, 3.63) is 40.7 Å². The van der Waals surface area contributed by atoms with E-state index in [0.717, 1.165) is 22.9 Å². The Morgan fingerprint density at radius 3 is 2.48 bits per heavy atom. The number of methoxy groups -OCH3 is 1. The van der Waals surface area contributed by atoms with Crippen molar-refractivity contribution in [3.8, 4) is 11.1 Å². The van der Waals surface area contributed by atoms with Crippen LogP contribution < -0.4 is 5.73 Å². The number of halogens is 1. The van der Waals surface area contributed by atoms with Crippen LogP contribution in [0.5, 0.6) is 0 Å². The molecule has 0 aliphatic heterocycles. The number of nitrogens with zero attached hydrogens (tertiary/aromatic N) is 1. The van der Waals surface area contributed by atoms with E-state index in [1.165, 1.54) is 24.7 Å². The van der Waals surface area contributed by atoms with Gasteiger partial charge in [0.25, 0.3) is 0 Å². The van der Waals surface area contributed by atoms with Gasteiger partial charge < -0.3 is 10.5 Å². The van der Waals surface area contributed by atoms with Crippen molar-refractivity contribution in [3.63, 3.8) is 0 Å². The largest absolute Gasteiger partial charge is 0.469 e. The van der Waals surface area contributed by atoms with Gasteiger partial charge in [0, 0.05) is 28.6 Å². The summed E-state index contributed by atoms with van der Waals surface area (Å²) in [6.45, 7) is 3.76. The lowest BCUT2D eigenvalue weighted by atomic mass is 10.0. The number of ether oxygens (including phenoxy) is 1. The minimum atomic E-state index is -0.632. The highest BCUT2D eigenvalue weighted by Crippen LogP contribution is 2.28. The fourth-order valence-corrected chi connectivity index (χ4v) is 2.47. The molecule has 1 amide bonds. The Balaban J connectivity index is 0.000000379. The van der Waals surface area contributed by atoms with E-state index >= 15 is 0 Å². The molecule has 0 spiro atoms. The Morgan fingerprint density at radius 1 is 1.30 bits per heavy atom. The molecule has 2 aromatic rings. The average molecular weight is 338 g/mol. The zero-order chi connectivity index (χ0) is 17.4. The first-order valence-electron chi connectivity index (χ1n) is 7.04. The molecule has 0 saturated heterocycles. The van der Waals surface area contributed by atoms with Gasteiger partial charge in [-0.3, -0.25) is 9.59 Å². The van der Waals surface area contributed by atoms with Gasteiger partial charge in [0.2, 0.25) is 5.91 Å². The number of hydrogen-bond acceptors (Lipinski definition) is 5. The molecule has 7 heteroatoms. The molecule has 1 heterocycles. The standard InChI is InChI=1S/C12H11FN2OS.C4H8O2/c1-2-11-10(6-15-17-11)7-3-8(12(14)16)5-9(13)4-7;1-3-4(5)6-2/h3-6H,2H2,1H3,(H2,14,16);3H2,1-2H3. The number of aryl methyl sites for hydroxylation is 1. The maximum Gasteiger partial charge on any atom is 0.305 e. The molecule has 0 fully saturated rings. The van der Waals surface area contributed by atoms with Crippen LogP contribution in [0.4, 0.5) is 4.39 Å². The van der Waals surface area contributed by atoms with Gasteiger partial charge in [-0.05, 0) is 41.7 Å². The lowest BCUT2D eigenvalue weighted by Gasteiger charge is -2.03. The van der Waals surface area contributed by atoms with Gasteiger partial charge in [-0.15, -0.1) is 0 Å². The fraction of sp³-hybridized carbons (Fsp3) is 0.312. The van der Waals surface area contributed by atoms with E-state index in [9.17, 15) is 14.0 Å². The molecule has 0 saturated carbocycles. The predicted octanol–water partition coefficient (Wildman–Crippen LogP) is 3.18. The number of rotatable bonds is 4. The van der Waals surface area contributed by atoms with Crippen LogP contribution in [-0.4, -0.2) is 23.4 Å². The number of amides is 1. The lowest BCUT2D eigenvalue weighted by molar-refractivity contribution is -0.140. The normalized spacial score (nSPS) is 9.74. The molecule has 0 bridgehead atoms. The van der Waals surface area contributed by atoms with Crippen LogP contribution in [0.3, 0.4) is 0 Å². The number of esters is 1. The molecule has 0 atom stereocenters. The summed E-state index contributed by atoms with van der Waals surface area (Å²) in [4.78, 5) is 22.1. The third-order valence-corrected chi connectivity index (χ3v) is 3.92. The number of carbonyl (C=O) groups excluding carboxylic acids is 2. The van der Waals surface area contributed by atoms with Crippen molar-refractivity contribution >= 4 is 23.4 Å². The number of carbonyl (C=O) groups is 2. The second kappa shape index (κ2) is 8.99. The molecule has 0 aliphatic carbocycles. The van der Waals surface area contributed by atoms with Gasteiger partial charge in [0.05, 0.1) is 7.11 Å². The second-order valence-electron chi connectivity index (χ2n) is 4.54.